The molecule has 0 aliphatic carbocycles. The summed E-state index contributed by atoms with van der Waals surface area (Å²) >= 11 is 0. The predicted molar refractivity (Wildman–Crippen MR) is 57.0 cm³/mol. The Morgan fingerprint density at radius 3 is 2.56 bits per heavy atom. The average molecular weight is 220 g/mol. The molecule has 1 aromatic rings. The number of hydrogen-bond donors (Lipinski definition) is 1. The highest BCUT2D eigenvalue weighted by Gasteiger charge is 2.25. The number of cyclic esters (lactones) is 1. The van der Waals surface area contributed by atoms with Crippen LogP contribution < -0.4 is 4.74 Å². The zero-order valence-electron chi connectivity index (χ0n) is 8.79. The van der Waals surface area contributed by atoms with Crippen LogP contribution in [0.2, 0.25) is 0 Å². The maximum atomic E-state index is 10.8. The fourth-order valence-electron chi connectivity index (χ4n) is 1.55. The van der Waals surface area contributed by atoms with Gasteiger partial charge in [-0.05, 0) is 23.8 Å². The van der Waals surface area contributed by atoms with E-state index in [0.29, 0.717) is 5.56 Å². The minimum absolute atomic E-state index is 0.419. The lowest BCUT2D eigenvalue weighted by molar-refractivity contribution is -0.142. The number of benzene rings is 1. The topological polar surface area (TPSA) is 55.8 Å². The van der Waals surface area contributed by atoms with Crippen LogP contribution in [0, 0.1) is 0 Å². The van der Waals surface area contributed by atoms with Crippen molar-refractivity contribution < 1.29 is 19.4 Å². The smallest absolute Gasteiger partial charge is 0.331 e. The standard InChI is InChI=1S/C12H12O4/c1-15-9-4-2-8(3-5-9)12(14)10-6-7-11(13)16-10/h2-7,10,12,14H,1H3/t10?,12-/m1/s1. The molecule has 0 amide bonds. The van der Waals surface area contributed by atoms with Crippen LogP contribution in [0.15, 0.2) is 36.4 Å². The van der Waals surface area contributed by atoms with E-state index in [2.05, 4.69) is 0 Å². The van der Waals surface area contributed by atoms with Crippen molar-refractivity contribution in [2.75, 3.05) is 7.11 Å². The lowest BCUT2D eigenvalue weighted by Gasteiger charge is -2.16. The molecular weight excluding hydrogens is 208 g/mol. The van der Waals surface area contributed by atoms with Gasteiger partial charge in [-0.2, -0.15) is 0 Å². The minimum atomic E-state index is -0.839. The van der Waals surface area contributed by atoms with Gasteiger partial charge in [0.1, 0.15) is 11.9 Å². The number of carbonyl (C=O) groups is 1. The number of rotatable bonds is 3. The molecule has 0 spiro atoms. The van der Waals surface area contributed by atoms with E-state index in [1.54, 1.807) is 37.5 Å². The number of aliphatic hydroxyl groups is 1. The largest absolute Gasteiger partial charge is 0.497 e. The Hall–Kier alpha value is -1.81. The lowest BCUT2D eigenvalue weighted by Crippen LogP contribution is -2.18. The van der Waals surface area contributed by atoms with Gasteiger partial charge in [-0.15, -0.1) is 0 Å². The molecule has 0 aromatic heterocycles. The summed E-state index contributed by atoms with van der Waals surface area (Å²) in [5.74, 6) is 0.299. The van der Waals surface area contributed by atoms with Gasteiger partial charge in [0.2, 0.25) is 0 Å². The monoisotopic (exact) mass is 220 g/mol. The van der Waals surface area contributed by atoms with Gasteiger partial charge in [0.05, 0.1) is 7.11 Å². The quantitative estimate of drug-likeness (QED) is 0.778. The highest BCUT2D eigenvalue weighted by Crippen LogP contribution is 2.24. The molecule has 84 valence electrons. The number of esters is 1. The van der Waals surface area contributed by atoms with Gasteiger partial charge in [-0.25, -0.2) is 4.79 Å². The van der Waals surface area contributed by atoms with Gasteiger partial charge >= 0.3 is 5.97 Å². The summed E-state index contributed by atoms with van der Waals surface area (Å²) in [6, 6.07) is 6.98. The van der Waals surface area contributed by atoms with Crippen molar-refractivity contribution in [2.24, 2.45) is 0 Å². The predicted octanol–water partition coefficient (Wildman–Crippen LogP) is 1.21. The molecule has 0 radical (unpaired) electrons. The molecule has 2 atom stereocenters. The molecular formula is C12H12O4. The highest BCUT2D eigenvalue weighted by atomic mass is 16.6. The first-order valence-electron chi connectivity index (χ1n) is 4.91. The Morgan fingerprint density at radius 2 is 2.06 bits per heavy atom. The summed E-state index contributed by atoms with van der Waals surface area (Å²) in [5.41, 5.74) is 0.685. The van der Waals surface area contributed by atoms with Crippen molar-refractivity contribution >= 4 is 5.97 Å². The Morgan fingerprint density at radius 1 is 1.38 bits per heavy atom. The van der Waals surface area contributed by atoms with Crippen molar-refractivity contribution in [1.82, 2.24) is 0 Å². The van der Waals surface area contributed by atoms with E-state index < -0.39 is 18.2 Å². The van der Waals surface area contributed by atoms with Crippen LogP contribution in [0.1, 0.15) is 11.7 Å². The lowest BCUT2D eigenvalue weighted by atomic mass is 10.0. The van der Waals surface area contributed by atoms with Gasteiger partial charge in [0.15, 0.2) is 6.10 Å². The van der Waals surface area contributed by atoms with Crippen LogP contribution in [-0.2, 0) is 9.53 Å². The number of ether oxygens (including phenoxy) is 2. The molecule has 0 saturated heterocycles. The molecule has 0 saturated carbocycles. The molecule has 16 heavy (non-hydrogen) atoms. The third-order valence-corrected chi connectivity index (χ3v) is 2.44. The highest BCUT2D eigenvalue weighted by molar-refractivity contribution is 5.84. The number of methoxy groups -OCH3 is 1. The molecule has 2 rings (SSSR count). The fourth-order valence-corrected chi connectivity index (χ4v) is 1.55. The number of hydrogen-bond acceptors (Lipinski definition) is 4. The molecule has 1 aromatic carbocycles. The molecule has 1 unspecified atom stereocenters. The van der Waals surface area contributed by atoms with Crippen LogP contribution in [0.4, 0.5) is 0 Å². The van der Waals surface area contributed by atoms with Crippen molar-refractivity contribution in [3.05, 3.63) is 42.0 Å². The van der Waals surface area contributed by atoms with E-state index in [1.807, 2.05) is 0 Å². The minimum Gasteiger partial charge on any atom is -0.497 e. The van der Waals surface area contributed by atoms with Gasteiger partial charge in [0.25, 0.3) is 0 Å². The zero-order chi connectivity index (χ0) is 11.5. The second-order valence-corrected chi connectivity index (χ2v) is 3.48. The van der Waals surface area contributed by atoms with Crippen molar-refractivity contribution in [3.63, 3.8) is 0 Å². The van der Waals surface area contributed by atoms with Crippen molar-refractivity contribution in [1.29, 1.82) is 0 Å². The van der Waals surface area contributed by atoms with E-state index in [0.717, 1.165) is 5.75 Å². The molecule has 1 aliphatic heterocycles. The molecule has 0 fully saturated rings. The Bertz CT molecular complexity index is 408. The molecule has 4 nitrogen and oxygen atoms in total. The third kappa shape index (κ3) is 2.06. The summed E-state index contributed by atoms with van der Waals surface area (Å²) in [4.78, 5) is 10.8. The molecule has 1 heterocycles. The first-order valence-corrected chi connectivity index (χ1v) is 4.91. The van der Waals surface area contributed by atoms with Crippen LogP contribution in [-0.4, -0.2) is 24.3 Å². The SMILES string of the molecule is COc1ccc([C@@H](O)C2C=CC(=O)O2)cc1. The normalized spacial score (nSPS) is 20.6. The van der Waals surface area contributed by atoms with Crippen LogP contribution in [0.3, 0.4) is 0 Å². The van der Waals surface area contributed by atoms with E-state index in [4.69, 9.17) is 9.47 Å². The Kier molecular flexibility index (Phi) is 2.92. The summed E-state index contributed by atoms with van der Waals surface area (Å²) in [5, 5.41) is 9.93. The van der Waals surface area contributed by atoms with E-state index in [-0.39, 0.29) is 0 Å². The Balaban J connectivity index is 2.11. The van der Waals surface area contributed by atoms with Crippen LogP contribution in [0.25, 0.3) is 0 Å². The van der Waals surface area contributed by atoms with Gasteiger partial charge in [0, 0.05) is 6.08 Å². The maximum Gasteiger partial charge on any atom is 0.331 e. The zero-order valence-corrected chi connectivity index (χ0v) is 8.79. The number of carbonyl (C=O) groups excluding carboxylic acids is 1. The van der Waals surface area contributed by atoms with Crippen molar-refractivity contribution in [2.45, 2.75) is 12.2 Å². The van der Waals surface area contributed by atoms with E-state index in [9.17, 15) is 9.90 Å². The fraction of sp³-hybridized carbons (Fsp3) is 0.250. The van der Waals surface area contributed by atoms with E-state index >= 15 is 0 Å². The first kappa shape index (κ1) is 10.7. The molecule has 0 bridgehead atoms. The van der Waals surface area contributed by atoms with Crippen LogP contribution >= 0.6 is 0 Å². The van der Waals surface area contributed by atoms with E-state index in [1.165, 1.54) is 6.08 Å². The van der Waals surface area contributed by atoms with Crippen molar-refractivity contribution in [3.8, 4) is 5.75 Å². The summed E-state index contributed by atoms with van der Waals surface area (Å²) < 4.78 is 9.91. The van der Waals surface area contributed by atoms with Gasteiger partial charge in [-0.3, -0.25) is 0 Å². The second-order valence-electron chi connectivity index (χ2n) is 3.48. The van der Waals surface area contributed by atoms with Gasteiger partial charge < -0.3 is 14.6 Å². The Labute approximate surface area is 93.1 Å². The first-order chi connectivity index (χ1) is 7.70. The molecule has 4 heteroatoms. The molecule has 1 N–H and O–H groups in total. The third-order valence-electron chi connectivity index (χ3n) is 2.44. The van der Waals surface area contributed by atoms with Gasteiger partial charge in [-0.1, -0.05) is 12.1 Å². The second kappa shape index (κ2) is 4.37. The summed E-state index contributed by atoms with van der Waals surface area (Å²) in [6.45, 7) is 0. The number of aliphatic hydroxyl groups excluding tert-OH is 1. The molecule has 1 aliphatic rings. The van der Waals surface area contributed by atoms with Crippen LogP contribution in [0.5, 0.6) is 5.75 Å². The summed E-state index contributed by atoms with van der Waals surface area (Å²) in [6.07, 6.45) is 1.43. The average Bonchev–Trinajstić information content (AvgIpc) is 2.75. The summed E-state index contributed by atoms with van der Waals surface area (Å²) in [7, 11) is 1.58. The maximum absolute atomic E-state index is 10.8.